The molecule has 1 aliphatic rings. The molecular formula is C17H22F3N3O4. The van der Waals surface area contributed by atoms with Gasteiger partial charge in [0, 0.05) is 12.1 Å². The molecule has 7 nitrogen and oxygen atoms in total. The summed E-state index contributed by atoms with van der Waals surface area (Å²) in [6.07, 6.45) is -3.55. The topological polar surface area (TPSA) is 90.9 Å². The number of ether oxygens (including phenoxy) is 1. The van der Waals surface area contributed by atoms with Crippen molar-refractivity contribution in [1.29, 1.82) is 0 Å². The molecule has 150 valence electrons. The molecule has 27 heavy (non-hydrogen) atoms. The molecule has 0 unspecified atom stereocenters. The molecule has 0 spiro atoms. The Kier molecular flexibility index (Phi) is 6.53. The fraction of sp³-hybridized carbons (Fsp3) is 0.529. The minimum atomic E-state index is -4.64. The molecule has 1 aromatic rings. The van der Waals surface area contributed by atoms with Crippen LogP contribution in [0.25, 0.3) is 0 Å². The molecular weight excluding hydrogens is 367 g/mol. The van der Waals surface area contributed by atoms with Gasteiger partial charge in [-0.1, -0.05) is 6.92 Å². The fourth-order valence-corrected chi connectivity index (χ4v) is 3.01. The number of benzene rings is 1. The quantitative estimate of drug-likeness (QED) is 0.667. The lowest BCUT2D eigenvalue weighted by Gasteiger charge is -2.42. The third-order valence-corrected chi connectivity index (χ3v) is 4.49. The summed E-state index contributed by atoms with van der Waals surface area (Å²) in [7, 11) is 1.26. The largest absolute Gasteiger partial charge is 0.497 e. The third-order valence-electron chi connectivity index (χ3n) is 4.49. The van der Waals surface area contributed by atoms with Crippen LogP contribution in [0.3, 0.4) is 0 Å². The van der Waals surface area contributed by atoms with Crippen molar-refractivity contribution in [2.24, 2.45) is 0 Å². The van der Waals surface area contributed by atoms with Gasteiger partial charge in [-0.05, 0) is 37.6 Å². The van der Waals surface area contributed by atoms with Crippen molar-refractivity contribution >= 4 is 17.7 Å². The number of rotatable bonds is 7. The normalized spacial score (nSPS) is 19.3. The highest BCUT2D eigenvalue weighted by atomic mass is 19.4. The van der Waals surface area contributed by atoms with E-state index in [0.717, 1.165) is 12.1 Å². The molecule has 2 rings (SSSR count). The Morgan fingerprint density at radius 3 is 2.52 bits per heavy atom. The van der Waals surface area contributed by atoms with Crippen LogP contribution in [-0.4, -0.2) is 54.3 Å². The average Bonchev–Trinajstić information content (AvgIpc) is 2.55. The summed E-state index contributed by atoms with van der Waals surface area (Å²) in [5.41, 5.74) is -1.36. The van der Waals surface area contributed by atoms with Gasteiger partial charge < -0.3 is 20.5 Å². The van der Waals surface area contributed by atoms with E-state index in [2.05, 4.69) is 10.6 Å². The molecule has 0 bridgehead atoms. The number of nitrogens with zero attached hydrogens (tertiary/aromatic N) is 1. The first-order valence-electron chi connectivity index (χ1n) is 8.42. The second-order valence-electron chi connectivity index (χ2n) is 6.29. The summed E-state index contributed by atoms with van der Waals surface area (Å²) in [5, 5.41) is 13.7. The summed E-state index contributed by atoms with van der Waals surface area (Å²) in [6, 6.07) is 2.36. The molecule has 2 amide bonds. The number of carboxylic acid groups (broad SMARTS) is 1. The standard InChI is InChI=1S/C17H22F3N3O4/c1-3-23(9-15(24)25)11-6-10(7-11)21-16(26)22-14-5-4-12(27-2)8-13(14)17(18,19)20/h4-5,8,10-11H,3,6-7,9H2,1-2H3,(H,24,25)(H2,21,22,26). The van der Waals surface area contributed by atoms with E-state index in [1.165, 1.54) is 13.2 Å². The maximum absolute atomic E-state index is 13.2. The van der Waals surface area contributed by atoms with Crippen molar-refractivity contribution in [3.63, 3.8) is 0 Å². The van der Waals surface area contributed by atoms with Gasteiger partial charge in [0.05, 0.1) is 24.9 Å². The zero-order valence-corrected chi connectivity index (χ0v) is 15.0. The third kappa shape index (κ3) is 5.49. The number of carbonyl (C=O) groups excluding carboxylic acids is 1. The van der Waals surface area contributed by atoms with Crippen LogP contribution in [0.4, 0.5) is 23.7 Å². The van der Waals surface area contributed by atoms with Crippen molar-refractivity contribution in [2.45, 2.75) is 38.0 Å². The first kappa shape index (κ1) is 20.8. The number of alkyl halides is 3. The lowest BCUT2D eigenvalue weighted by atomic mass is 9.85. The zero-order chi connectivity index (χ0) is 20.2. The summed E-state index contributed by atoms with van der Waals surface area (Å²) in [6.45, 7) is 2.33. The van der Waals surface area contributed by atoms with Gasteiger partial charge in [-0.15, -0.1) is 0 Å². The van der Waals surface area contributed by atoms with Crippen molar-refractivity contribution < 1.29 is 32.6 Å². The number of urea groups is 1. The number of anilines is 1. The van der Waals surface area contributed by atoms with E-state index in [1.54, 1.807) is 4.90 Å². The Hall–Kier alpha value is -2.49. The number of amides is 2. The highest BCUT2D eigenvalue weighted by molar-refractivity contribution is 5.90. The van der Waals surface area contributed by atoms with Crippen LogP contribution >= 0.6 is 0 Å². The lowest BCUT2D eigenvalue weighted by molar-refractivity contribution is -0.139. The van der Waals surface area contributed by atoms with E-state index >= 15 is 0 Å². The highest BCUT2D eigenvalue weighted by Crippen LogP contribution is 2.37. The molecule has 10 heteroatoms. The van der Waals surface area contributed by atoms with Crippen LogP contribution in [0.15, 0.2) is 18.2 Å². The summed E-state index contributed by atoms with van der Waals surface area (Å²) in [5.74, 6) is -0.890. The molecule has 0 aliphatic heterocycles. The number of carboxylic acids is 1. The molecule has 0 atom stereocenters. The van der Waals surface area contributed by atoms with Gasteiger partial charge in [0.1, 0.15) is 5.75 Å². The first-order valence-corrected chi connectivity index (χ1v) is 8.42. The number of aliphatic carboxylic acids is 1. The smallest absolute Gasteiger partial charge is 0.418 e. The number of methoxy groups -OCH3 is 1. The van der Waals surface area contributed by atoms with Gasteiger partial charge in [0.15, 0.2) is 0 Å². The second kappa shape index (κ2) is 8.47. The summed E-state index contributed by atoms with van der Waals surface area (Å²) in [4.78, 5) is 24.6. The lowest BCUT2D eigenvalue weighted by Crippen LogP contribution is -2.55. The van der Waals surface area contributed by atoms with Gasteiger partial charge in [0.25, 0.3) is 0 Å². The van der Waals surface area contributed by atoms with E-state index in [4.69, 9.17) is 9.84 Å². The molecule has 0 radical (unpaired) electrons. The second-order valence-corrected chi connectivity index (χ2v) is 6.29. The Bertz CT molecular complexity index is 690. The van der Waals surface area contributed by atoms with E-state index in [9.17, 15) is 22.8 Å². The van der Waals surface area contributed by atoms with Crippen LogP contribution in [0.2, 0.25) is 0 Å². The highest BCUT2D eigenvalue weighted by Gasteiger charge is 2.36. The van der Waals surface area contributed by atoms with Crippen molar-refractivity contribution in [3.05, 3.63) is 23.8 Å². The maximum Gasteiger partial charge on any atom is 0.418 e. The van der Waals surface area contributed by atoms with E-state index in [1.807, 2.05) is 6.92 Å². The average molecular weight is 389 g/mol. The van der Waals surface area contributed by atoms with Crippen molar-refractivity contribution in [3.8, 4) is 5.75 Å². The number of hydrogen-bond acceptors (Lipinski definition) is 4. The minimum absolute atomic E-state index is 0.0307. The van der Waals surface area contributed by atoms with E-state index < -0.39 is 23.7 Å². The molecule has 0 heterocycles. The van der Waals surface area contributed by atoms with Gasteiger partial charge >= 0.3 is 18.2 Å². The SMILES string of the molecule is CCN(CC(=O)O)C1CC(NC(=O)Nc2ccc(OC)cc2C(F)(F)F)C1. The van der Waals surface area contributed by atoms with Gasteiger partial charge in [-0.2, -0.15) is 13.2 Å². The summed E-state index contributed by atoms with van der Waals surface area (Å²) >= 11 is 0. The van der Waals surface area contributed by atoms with Crippen LogP contribution < -0.4 is 15.4 Å². The molecule has 1 saturated carbocycles. The van der Waals surface area contributed by atoms with Crippen LogP contribution in [-0.2, 0) is 11.0 Å². The monoisotopic (exact) mass is 389 g/mol. The Morgan fingerprint density at radius 2 is 2.00 bits per heavy atom. The number of carbonyl (C=O) groups is 2. The fourth-order valence-electron chi connectivity index (χ4n) is 3.01. The Balaban J connectivity index is 1.93. The van der Waals surface area contributed by atoms with Gasteiger partial charge in [-0.25, -0.2) is 4.79 Å². The van der Waals surface area contributed by atoms with Crippen molar-refractivity contribution in [1.82, 2.24) is 10.2 Å². The predicted molar refractivity (Wildman–Crippen MR) is 91.8 cm³/mol. The minimum Gasteiger partial charge on any atom is -0.497 e. The number of likely N-dealkylation sites (N-methyl/N-ethyl adjacent to an activating group) is 1. The van der Waals surface area contributed by atoms with E-state index in [-0.39, 0.29) is 30.1 Å². The number of halogens is 3. The van der Waals surface area contributed by atoms with Gasteiger partial charge in [0.2, 0.25) is 0 Å². The molecule has 0 saturated heterocycles. The summed E-state index contributed by atoms with van der Waals surface area (Å²) < 4.78 is 44.3. The molecule has 1 fully saturated rings. The maximum atomic E-state index is 13.2. The van der Waals surface area contributed by atoms with E-state index in [0.29, 0.717) is 19.4 Å². The van der Waals surface area contributed by atoms with Gasteiger partial charge in [-0.3, -0.25) is 9.69 Å². The molecule has 1 aromatic carbocycles. The van der Waals surface area contributed by atoms with Crippen LogP contribution in [0.5, 0.6) is 5.75 Å². The molecule has 3 N–H and O–H groups in total. The first-order chi connectivity index (χ1) is 12.6. The molecule has 0 aromatic heterocycles. The predicted octanol–water partition coefficient (Wildman–Crippen LogP) is 2.77. The molecule has 1 aliphatic carbocycles. The van der Waals surface area contributed by atoms with Crippen LogP contribution in [0, 0.1) is 0 Å². The van der Waals surface area contributed by atoms with Crippen molar-refractivity contribution in [2.75, 3.05) is 25.5 Å². The Morgan fingerprint density at radius 1 is 1.33 bits per heavy atom. The Labute approximate surface area is 154 Å². The van der Waals surface area contributed by atoms with Crippen LogP contribution in [0.1, 0.15) is 25.3 Å². The number of hydrogen-bond donors (Lipinski definition) is 3. The zero-order valence-electron chi connectivity index (χ0n) is 15.0. The number of nitrogens with one attached hydrogen (secondary N) is 2.